The van der Waals surface area contributed by atoms with Crippen LogP contribution in [-0.2, 0) is 14.8 Å². The zero-order valence-electron chi connectivity index (χ0n) is 15.8. The van der Waals surface area contributed by atoms with Gasteiger partial charge in [-0.15, -0.1) is 0 Å². The van der Waals surface area contributed by atoms with Gasteiger partial charge in [0.25, 0.3) is 0 Å². The third-order valence-electron chi connectivity index (χ3n) is 3.77. The molecule has 1 rings (SSSR count). The summed E-state index contributed by atoms with van der Waals surface area (Å²) in [6, 6.07) is 5.21. The third-order valence-corrected chi connectivity index (χ3v) is 4.37. The van der Waals surface area contributed by atoms with E-state index in [1.54, 1.807) is 18.2 Å². The molecule has 0 heterocycles. The fraction of sp³-hybridized carbons (Fsp3) is 0.611. The van der Waals surface area contributed by atoms with Crippen LogP contribution in [0.1, 0.15) is 45.1 Å². The van der Waals surface area contributed by atoms with Gasteiger partial charge in [-0.2, -0.15) is 0 Å². The maximum absolute atomic E-state index is 12.1. The fourth-order valence-electron chi connectivity index (χ4n) is 2.66. The van der Waals surface area contributed by atoms with Crippen molar-refractivity contribution in [2.24, 2.45) is 0 Å². The number of aryl methyl sites for hydroxylation is 1. The summed E-state index contributed by atoms with van der Waals surface area (Å²) in [4.78, 5) is 14.5. The smallest absolute Gasteiger partial charge is 0.229 e. The Bertz CT molecular complexity index is 654. The van der Waals surface area contributed by atoms with Gasteiger partial charge in [0.1, 0.15) is 0 Å². The van der Waals surface area contributed by atoms with E-state index in [1.807, 2.05) is 6.92 Å². The molecule has 0 atom stereocenters. The van der Waals surface area contributed by atoms with E-state index in [-0.39, 0.29) is 5.91 Å². The molecule has 1 aromatic rings. The van der Waals surface area contributed by atoms with Crippen molar-refractivity contribution < 1.29 is 13.2 Å². The molecule has 0 saturated carbocycles. The molecule has 0 aromatic heterocycles. The lowest BCUT2D eigenvalue weighted by Crippen LogP contribution is -2.27. The first kappa shape index (κ1) is 21.4. The molecule has 7 heteroatoms. The SMILES string of the molecule is CCCN(CCC)CCCC(=O)Nc1ccc(C)c(NS(C)(=O)=O)c1. The first-order valence-corrected chi connectivity index (χ1v) is 10.7. The van der Waals surface area contributed by atoms with Crippen molar-refractivity contribution in [2.45, 2.75) is 46.5 Å². The second-order valence-corrected chi connectivity index (χ2v) is 8.15. The largest absolute Gasteiger partial charge is 0.326 e. The monoisotopic (exact) mass is 369 g/mol. The van der Waals surface area contributed by atoms with E-state index in [9.17, 15) is 13.2 Å². The third kappa shape index (κ3) is 8.88. The average molecular weight is 370 g/mol. The van der Waals surface area contributed by atoms with Crippen LogP contribution in [0.5, 0.6) is 0 Å². The van der Waals surface area contributed by atoms with Crippen molar-refractivity contribution in [3.8, 4) is 0 Å². The molecule has 0 radical (unpaired) electrons. The molecule has 6 nitrogen and oxygen atoms in total. The second kappa shape index (κ2) is 10.4. The zero-order valence-corrected chi connectivity index (χ0v) is 16.6. The molecule has 0 spiro atoms. The standard InChI is InChI=1S/C18H31N3O3S/c1-5-11-21(12-6-2)13-7-8-18(22)19-16-10-9-15(3)17(14-16)20-25(4,23)24/h9-10,14,20H,5-8,11-13H2,1-4H3,(H,19,22). The van der Waals surface area contributed by atoms with Crippen LogP contribution < -0.4 is 10.0 Å². The minimum absolute atomic E-state index is 0.0536. The van der Waals surface area contributed by atoms with Crippen LogP contribution in [0.15, 0.2) is 18.2 Å². The Hall–Kier alpha value is -1.60. The van der Waals surface area contributed by atoms with Crippen molar-refractivity contribution in [3.05, 3.63) is 23.8 Å². The molecule has 0 unspecified atom stereocenters. The van der Waals surface area contributed by atoms with Gasteiger partial charge in [0, 0.05) is 12.1 Å². The topological polar surface area (TPSA) is 78.5 Å². The molecule has 1 aromatic carbocycles. The Morgan fingerprint density at radius 2 is 1.76 bits per heavy atom. The van der Waals surface area contributed by atoms with Crippen LogP contribution in [-0.4, -0.2) is 45.1 Å². The normalized spacial score (nSPS) is 11.6. The van der Waals surface area contributed by atoms with Gasteiger partial charge in [0.05, 0.1) is 11.9 Å². The summed E-state index contributed by atoms with van der Waals surface area (Å²) in [6.45, 7) is 9.19. The summed E-state index contributed by atoms with van der Waals surface area (Å²) in [5.41, 5.74) is 1.89. The van der Waals surface area contributed by atoms with Gasteiger partial charge in [0.2, 0.25) is 15.9 Å². The van der Waals surface area contributed by atoms with E-state index in [2.05, 4.69) is 28.8 Å². The summed E-state index contributed by atoms with van der Waals surface area (Å²) >= 11 is 0. The van der Waals surface area contributed by atoms with Crippen molar-refractivity contribution in [1.29, 1.82) is 0 Å². The molecule has 0 saturated heterocycles. The summed E-state index contributed by atoms with van der Waals surface area (Å²) < 4.78 is 25.3. The van der Waals surface area contributed by atoms with E-state index >= 15 is 0 Å². The molecular weight excluding hydrogens is 338 g/mol. The highest BCUT2D eigenvalue weighted by molar-refractivity contribution is 7.92. The number of carbonyl (C=O) groups excluding carboxylic acids is 1. The highest BCUT2D eigenvalue weighted by atomic mass is 32.2. The van der Waals surface area contributed by atoms with E-state index in [0.717, 1.165) is 50.7 Å². The highest BCUT2D eigenvalue weighted by Gasteiger charge is 2.09. The van der Waals surface area contributed by atoms with E-state index < -0.39 is 10.0 Å². The number of carbonyl (C=O) groups is 1. The fourth-order valence-corrected chi connectivity index (χ4v) is 3.28. The van der Waals surface area contributed by atoms with Gasteiger partial charge < -0.3 is 10.2 Å². The molecule has 0 aliphatic heterocycles. The quantitative estimate of drug-likeness (QED) is 0.628. The summed E-state index contributed by atoms with van der Waals surface area (Å²) in [7, 11) is -3.35. The molecule has 25 heavy (non-hydrogen) atoms. The van der Waals surface area contributed by atoms with E-state index in [4.69, 9.17) is 0 Å². The average Bonchev–Trinajstić information content (AvgIpc) is 2.49. The van der Waals surface area contributed by atoms with Gasteiger partial charge in [-0.25, -0.2) is 8.42 Å². The lowest BCUT2D eigenvalue weighted by Gasteiger charge is -2.20. The minimum atomic E-state index is -3.35. The summed E-state index contributed by atoms with van der Waals surface area (Å²) in [5.74, 6) is -0.0536. The Balaban J connectivity index is 2.55. The molecule has 142 valence electrons. The predicted molar refractivity (Wildman–Crippen MR) is 105 cm³/mol. The van der Waals surface area contributed by atoms with E-state index in [1.165, 1.54) is 0 Å². The second-order valence-electron chi connectivity index (χ2n) is 6.40. The summed E-state index contributed by atoms with van der Waals surface area (Å²) in [6.07, 6.45) is 4.60. The maximum Gasteiger partial charge on any atom is 0.229 e. The molecule has 0 bridgehead atoms. The number of nitrogens with one attached hydrogen (secondary N) is 2. The molecule has 1 amide bonds. The van der Waals surface area contributed by atoms with Gasteiger partial charge in [-0.05, 0) is 63.5 Å². The first-order chi connectivity index (χ1) is 11.7. The van der Waals surface area contributed by atoms with Crippen LogP contribution in [0, 0.1) is 6.92 Å². The Labute approximate surface area is 152 Å². The van der Waals surface area contributed by atoms with Crippen LogP contribution in [0.25, 0.3) is 0 Å². The Morgan fingerprint density at radius 3 is 2.32 bits per heavy atom. The number of benzene rings is 1. The number of nitrogens with zero attached hydrogens (tertiary/aromatic N) is 1. The van der Waals surface area contributed by atoms with Gasteiger partial charge in [-0.3, -0.25) is 9.52 Å². The van der Waals surface area contributed by atoms with Crippen LogP contribution in [0.4, 0.5) is 11.4 Å². The summed E-state index contributed by atoms with van der Waals surface area (Å²) in [5, 5.41) is 2.84. The number of sulfonamides is 1. The van der Waals surface area contributed by atoms with Crippen molar-refractivity contribution in [1.82, 2.24) is 4.90 Å². The van der Waals surface area contributed by atoms with Crippen LogP contribution in [0.3, 0.4) is 0 Å². The van der Waals surface area contributed by atoms with Crippen LogP contribution in [0.2, 0.25) is 0 Å². The number of rotatable bonds is 11. The molecule has 0 aliphatic carbocycles. The highest BCUT2D eigenvalue weighted by Crippen LogP contribution is 2.21. The number of hydrogen-bond donors (Lipinski definition) is 2. The van der Waals surface area contributed by atoms with Gasteiger partial charge in [-0.1, -0.05) is 19.9 Å². The Morgan fingerprint density at radius 1 is 1.12 bits per heavy atom. The molecule has 0 fully saturated rings. The first-order valence-electron chi connectivity index (χ1n) is 8.85. The number of hydrogen-bond acceptors (Lipinski definition) is 4. The van der Waals surface area contributed by atoms with Crippen molar-refractivity contribution in [3.63, 3.8) is 0 Å². The lowest BCUT2D eigenvalue weighted by molar-refractivity contribution is -0.116. The minimum Gasteiger partial charge on any atom is -0.326 e. The van der Waals surface area contributed by atoms with Crippen LogP contribution >= 0.6 is 0 Å². The Kier molecular flexibility index (Phi) is 8.92. The van der Waals surface area contributed by atoms with Gasteiger partial charge in [0.15, 0.2) is 0 Å². The molecule has 0 aliphatic rings. The molecular formula is C18H31N3O3S. The lowest BCUT2D eigenvalue weighted by atomic mass is 10.2. The maximum atomic E-state index is 12.1. The number of anilines is 2. The van der Waals surface area contributed by atoms with Crippen molar-refractivity contribution >= 4 is 27.3 Å². The van der Waals surface area contributed by atoms with E-state index in [0.29, 0.717) is 17.8 Å². The molecule has 2 N–H and O–H groups in total. The zero-order chi connectivity index (χ0) is 18.9. The van der Waals surface area contributed by atoms with Crippen molar-refractivity contribution in [2.75, 3.05) is 35.9 Å². The predicted octanol–water partition coefficient (Wildman–Crippen LogP) is 3.21. The number of amides is 1. The van der Waals surface area contributed by atoms with Gasteiger partial charge >= 0.3 is 0 Å².